The molecule has 1 aliphatic heterocycles. The molecule has 7 nitrogen and oxygen atoms in total. The number of nitrogens with one attached hydrogen (secondary N) is 1. The second-order valence-electron chi connectivity index (χ2n) is 5.84. The van der Waals surface area contributed by atoms with Crippen molar-refractivity contribution in [2.24, 2.45) is 0 Å². The van der Waals surface area contributed by atoms with E-state index in [9.17, 15) is 24.8 Å². The minimum atomic E-state index is -0.782. The molecule has 0 atom stereocenters. The van der Waals surface area contributed by atoms with Crippen molar-refractivity contribution >= 4 is 17.7 Å². The maximum atomic E-state index is 12.3. The number of imide groups is 1. The smallest absolute Gasteiger partial charge is 0.265 e. The number of aliphatic hydroxyl groups excluding tert-OH is 1. The van der Waals surface area contributed by atoms with Gasteiger partial charge in [0.2, 0.25) is 0 Å². The number of carbonyl (C=O) groups excluding carboxylic acids is 3. The molecule has 27 heavy (non-hydrogen) atoms. The number of hydrogen-bond acceptors (Lipinski definition) is 5. The highest BCUT2D eigenvalue weighted by atomic mass is 16.3. The standard InChI is InChI=1S/C20H15N3O4/c21-10-16(18(25)22-11-13-6-2-1-3-7-13)17(24)12-23-19(26)14-8-4-5-9-15(14)20(23)27/h1-9,24H,11-12H2,(H,22,25)/b17-16-. The summed E-state index contributed by atoms with van der Waals surface area (Å²) in [6, 6.07) is 16.9. The van der Waals surface area contributed by atoms with Gasteiger partial charge in [-0.1, -0.05) is 42.5 Å². The maximum absolute atomic E-state index is 12.3. The van der Waals surface area contributed by atoms with Crippen molar-refractivity contribution in [2.75, 3.05) is 6.54 Å². The molecule has 2 aromatic carbocycles. The zero-order valence-electron chi connectivity index (χ0n) is 14.2. The van der Waals surface area contributed by atoms with Crippen molar-refractivity contribution in [3.8, 4) is 6.07 Å². The molecule has 3 rings (SSSR count). The normalized spacial score (nSPS) is 13.7. The molecule has 0 saturated carbocycles. The Bertz CT molecular complexity index is 955. The SMILES string of the molecule is N#C/C(C(=O)NCc1ccccc1)=C(/O)CN1C(=O)c2ccccc2C1=O. The van der Waals surface area contributed by atoms with E-state index in [2.05, 4.69) is 5.32 Å². The molecule has 7 heteroatoms. The van der Waals surface area contributed by atoms with Gasteiger partial charge in [-0.25, -0.2) is 0 Å². The Labute approximate surface area is 155 Å². The fourth-order valence-electron chi connectivity index (χ4n) is 2.72. The predicted molar refractivity (Wildman–Crippen MR) is 95.4 cm³/mol. The molecule has 2 N–H and O–H groups in total. The summed E-state index contributed by atoms with van der Waals surface area (Å²) in [5.74, 6) is -2.58. The van der Waals surface area contributed by atoms with Crippen LogP contribution in [0.1, 0.15) is 26.3 Å². The van der Waals surface area contributed by atoms with Crippen LogP contribution in [-0.4, -0.2) is 34.3 Å². The van der Waals surface area contributed by atoms with E-state index < -0.39 is 35.6 Å². The minimum absolute atomic E-state index is 0.172. The Hall–Kier alpha value is -3.92. The molecule has 3 amide bonds. The van der Waals surface area contributed by atoms with E-state index >= 15 is 0 Å². The number of aliphatic hydroxyl groups is 1. The molecule has 1 heterocycles. The van der Waals surface area contributed by atoms with Gasteiger partial charge in [-0.3, -0.25) is 19.3 Å². The summed E-state index contributed by atoms with van der Waals surface area (Å²) in [5.41, 5.74) is 0.732. The summed E-state index contributed by atoms with van der Waals surface area (Å²) in [4.78, 5) is 37.7. The third-order valence-electron chi connectivity index (χ3n) is 4.11. The lowest BCUT2D eigenvalue weighted by Crippen LogP contribution is -2.33. The number of nitriles is 1. The van der Waals surface area contributed by atoms with Crippen molar-refractivity contribution < 1.29 is 19.5 Å². The van der Waals surface area contributed by atoms with Crippen LogP contribution in [0.2, 0.25) is 0 Å². The zero-order chi connectivity index (χ0) is 19.4. The fourth-order valence-corrected chi connectivity index (χ4v) is 2.72. The van der Waals surface area contributed by atoms with Gasteiger partial charge in [0.05, 0.1) is 17.7 Å². The molecule has 0 saturated heterocycles. The van der Waals surface area contributed by atoms with Gasteiger partial charge >= 0.3 is 0 Å². The van der Waals surface area contributed by atoms with E-state index in [4.69, 9.17) is 0 Å². The Morgan fingerprint density at radius 2 is 1.56 bits per heavy atom. The van der Waals surface area contributed by atoms with E-state index in [0.717, 1.165) is 10.5 Å². The highest BCUT2D eigenvalue weighted by molar-refractivity contribution is 6.21. The number of nitrogens with zero attached hydrogens (tertiary/aromatic N) is 2. The van der Waals surface area contributed by atoms with Gasteiger partial charge in [-0.05, 0) is 17.7 Å². The zero-order valence-corrected chi connectivity index (χ0v) is 14.2. The first-order chi connectivity index (χ1) is 13.0. The van der Waals surface area contributed by atoms with Crippen molar-refractivity contribution in [3.63, 3.8) is 0 Å². The third-order valence-corrected chi connectivity index (χ3v) is 4.11. The monoisotopic (exact) mass is 361 g/mol. The van der Waals surface area contributed by atoms with E-state index in [1.807, 2.05) is 18.2 Å². The Morgan fingerprint density at radius 1 is 1.00 bits per heavy atom. The lowest BCUT2D eigenvalue weighted by Gasteiger charge is -2.14. The first kappa shape index (κ1) is 17.9. The molecule has 2 aromatic rings. The Morgan fingerprint density at radius 3 is 2.11 bits per heavy atom. The molecule has 1 aliphatic rings. The molecule has 0 spiro atoms. The van der Waals surface area contributed by atoms with Gasteiger partial charge in [-0.2, -0.15) is 5.26 Å². The van der Waals surface area contributed by atoms with E-state index in [1.165, 1.54) is 12.1 Å². The quantitative estimate of drug-likeness (QED) is 0.366. The van der Waals surface area contributed by atoms with Crippen LogP contribution in [0.5, 0.6) is 0 Å². The Balaban J connectivity index is 1.74. The molecule has 0 unspecified atom stereocenters. The van der Waals surface area contributed by atoms with Crippen molar-refractivity contribution in [1.82, 2.24) is 10.2 Å². The van der Waals surface area contributed by atoms with Crippen LogP contribution in [-0.2, 0) is 11.3 Å². The van der Waals surface area contributed by atoms with Crippen LogP contribution in [0.4, 0.5) is 0 Å². The van der Waals surface area contributed by atoms with Crippen molar-refractivity contribution in [3.05, 3.63) is 82.6 Å². The van der Waals surface area contributed by atoms with Crippen LogP contribution in [0.25, 0.3) is 0 Å². The van der Waals surface area contributed by atoms with Gasteiger partial charge in [-0.15, -0.1) is 0 Å². The predicted octanol–water partition coefficient (Wildman–Crippen LogP) is 1.93. The van der Waals surface area contributed by atoms with Crippen LogP contribution >= 0.6 is 0 Å². The summed E-state index contributed by atoms with van der Waals surface area (Å²) in [7, 11) is 0. The number of rotatable bonds is 5. The van der Waals surface area contributed by atoms with E-state index in [0.29, 0.717) is 0 Å². The third kappa shape index (κ3) is 3.55. The van der Waals surface area contributed by atoms with Crippen LogP contribution in [0, 0.1) is 11.3 Å². The second kappa shape index (κ2) is 7.54. The van der Waals surface area contributed by atoms with Crippen molar-refractivity contribution in [2.45, 2.75) is 6.54 Å². The average molecular weight is 361 g/mol. The van der Waals surface area contributed by atoms with Gasteiger partial charge < -0.3 is 10.4 Å². The average Bonchev–Trinajstić information content (AvgIpc) is 2.93. The number of benzene rings is 2. The second-order valence-corrected chi connectivity index (χ2v) is 5.84. The molecule has 0 bridgehead atoms. The molecule has 0 aromatic heterocycles. The lowest BCUT2D eigenvalue weighted by atomic mass is 10.1. The molecular weight excluding hydrogens is 346 g/mol. The number of amides is 3. The molecule has 0 fully saturated rings. The fraction of sp³-hybridized carbons (Fsp3) is 0.100. The topological polar surface area (TPSA) is 110 Å². The minimum Gasteiger partial charge on any atom is -0.509 e. The maximum Gasteiger partial charge on any atom is 0.265 e. The van der Waals surface area contributed by atoms with Crippen LogP contribution in [0.3, 0.4) is 0 Å². The largest absolute Gasteiger partial charge is 0.509 e. The summed E-state index contributed by atoms with van der Waals surface area (Å²) >= 11 is 0. The van der Waals surface area contributed by atoms with Crippen molar-refractivity contribution in [1.29, 1.82) is 5.26 Å². The summed E-state index contributed by atoms with van der Waals surface area (Å²) in [5, 5.41) is 22.0. The van der Waals surface area contributed by atoms with Gasteiger partial charge in [0, 0.05) is 6.54 Å². The number of hydrogen-bond donors (Lipinski definition) is 2. The lowest BCUT2D eigenvalue weighted by molar-refractivity contribution is -0.117. The van der Waals surface area contributed by atoms with Crippen LogP contribution in [0.15, 0.2) is 65.9 Å². The summed E-state index contributed by atoms with van der Waals surface area (Å²) < 4.78 is 0. The molecule has 0 radical (unpaired) electrons. The molecular formula is C20H15N3O4. The number of carbonyl (C=O) groups is 3. The highest BCUT2D eigenvalue weighted by Crippen LogP contribution is 2.23. The number of fused-ring (bicyclic) bond motifs is 1. The van der Waals surface area contributed by atoms with E-state index in [-0.39, 0.29) is 17.7 Å². The molecule has 0 aliphatic carbocycles. The molecule has 134 valence electrons. The first-order valence-corrected chi connectivity index (χ1v) is 8.12. The summed E-state index contributed by atoms with van der Waals surface area (Å²) in [6.07, 6.45) is 0. The van der Waals surface area contributed by atoms with Gasteiger partial charge in [0.15, 0.2) is 5.57 Å². The highest BCUT2D eigenvalue weighted by Gasteiger charge is 2.36. The first-order valence-electron chi connectivity index (χ1n) is 8.12. The Kier molecular flexibility index (Phi) is 4.99. The van der Waals surface area contributed by atoms with Crippen LogP contribution < -0.4 is 5.32 Å². The van der Waals surface area contributed by atoms with Gasteiger partial charge in [0.1, 0.15) is 11.8 Å². The van der Waals surface area contributed by atoms with E-state index in [1.54, 1.807) is 30.3 Å². The summed E-state index contributed by atoms with van der Waals surface area (Å²) in [6.45, 7) is -0.376. The van der Waals surface area contributed by atoms with Gasteiger partial charge in [0.25, 0.3) is 17.7 Å².